The molecule has 0 heteroatoms. The van der Waals surface area contributed by atoms with Gasteiger partial charge in [-0.2, -0.15) is 0 Å². The van der Waals surface area contributed by atoms with Crippen LogP contribution >= 0.6 is 0 Å². The van der Waals surface area contributed by atoms with Gasteiger partial charge in [-0.05, 0) is 65.3 Å². The highest BCUT2D eigenvalue weighted by Gasteiger charge is 2.51. The minimum atomic E-state index is -0.189. The summed E-state index contributed by atoms with van der Waals surface area (Å²) in [4.78, 5) is 0. The summed E-state index contributed by atoms with van der Waals surface area (Å²) in [5.74, 6) is 0. The van der Waals surface area contributed by atoms with Gasteiger partial charge in [0.1, 0.15) is 0 Å². The molecule has 1 spiro atoms. The number of hydrogen-bond acceptors (Lipinski definition) is 0. The van der Waals surface area contributed by atoms with Crippen molar-refractivity contribution < 1.29 is 0 Å². The first-order valence-electron chi connectivity index (χ1n) is 9.34. The van der Waals surface area contributed by atoms with Crippen molar-refractivity contribution in [1.29, 1.82) is 0 Å². The van der Waals surface area contributed by atoms with Crippen LogP contribution in [0.4, 0.5) is 0 Å². The maximum atomic E-state index is 2.40. The van der Waals surface area contributed by atoms with Crippen molar-refractivity contribution in [2.75, 3.05) is 0 Å². The lowest BCUT2D eigenvalue weighted by atomic mass is 9.69. The third-order valence-electron chi connectivity index (χ3n) is 6.08. The van der Waals surface area contributed by atoms with Gasteiger partial charge in [0.2, 0.25) is 0 Å². The molecule has 0 nitrogen and oxygen atoms in total. The van der Waals surface area contributed by atoms with E-state index in [9.17, 15) is 0 Å². The van der Waals surface area contributed by atoms with E-state index in [1.54, 1.807) is 0 Å². The van der Waals surface area contributed by atoms with Crippen LogP contribution in [0, 0.1) is 6.92 Å². The summed E-state index contributed by atoms with van der Waals surface area (Å²) in [7, 11) is 0. The maximum Gasteiger partial charge on any atom is 0.0722 e. The average molecular weight is 334 g/mol. The van der Waals surface area contributed by atoms with Crippen LogP contribution in [0.5, 0.6) is 0 Å². The third kappa shape index (κ3) is 1.69. The molecule has 0 N–H and O–H groups in total. The molecule has 1 unspecified atom stereocenters. The summed E-state index contributed by atoms with van der Waals surface area (Å²) >= 11 is 0. The Morgan fingerprint density at radius 1 is 0.692 bits per heavy atom. The molecule has 0 aliphatic heterocycles. The zero-order valence-corrected chi connectivity index (χ0v) is 15.5. The van der Waals surface area contributed by atoms with E-state index >= 15 is 0 Å². The van der Waals surface area contributed by atoms with Gasteiger partial charge in [0.05, 0.1) is 5.41 Å². The highest BCUT2D eigenvalue weighted by molar-refractivity contribution is 5.95. The molecule has 0 amide bonds. The fourth-order valence-corrected chi connectivity index (χ4v) is 5.10. The van der Waals surface area contributed by atoms with Crippen LogP contribution in [0.2, 0.25) is 0 Å². The zero-order chi connectivity index (χ0) is 17.9. The van der Waals surface area contributed by atoms with E-state index in [1.807, 2.05) is 0 Å². The van der Waals surface area contributed by atoms with Gasteiger partial charge in [0, 0.05) is 0 Å². The summed E-state index contributed by atoms with van der Waals surface area (Å²) < 4.78 is 0. The van der Waals surface area contributed by atoms with Gasteiger partial charge >= 0.3 is 0 Å². The van der Waals surface area contributed by atoms with Gasteiger partial charge < -0.3 is 0 Å². The fraction of sp³-hybridized carbons (Fsp3) is 0.154. The van der Waals surface area contributed by atoms with Crippen LogP contribution in [0.15, 0.2) is 84.5 Å². The predicted molar refractivity (Wildman–Crippen MR) is 110 cm³/mol. The van der Waals surface area contributed by atoms with Crippen LogP contribution < -0.4 is 0 Å². The molecule has 126 valence electrons. The average Bonchev–Trinajstić information content (AvgIpc) is 3.09. The second-order valence-electron chi connectivity index (χ2n) is 7.43. The number of benzene rings is 3. The molecule has 0 saturated carbocycles. The van der Waals surface area contributed by atoms with E-state index in [1.165, 1.54) is 50.1 Å². The number of hydrogen-bond donors (Lipinski definition) is 0. The molecule has 0 aromatic heterocycles. The molecule has 0 bridgehead atoms. The minimum Gasteiger partial charge on any atom is -0.0873 e. The van der Waals surface area contributed by atoms with Crippen molar-refractivity contribution in [3.8, 4) is 11.1 Å². The van der Waals surface area contributed by atoms with Crippen molar-refractivity contribution in [1.82, 2.24) is 0 Å². The molecule has 3 aromatic carbocycles. The summed E-state index contributed by atoms with van der Waals surface area (Å²) in [5.41, 5.74) is 12.3. The molecular weight excluding hydrogens is 312 g/mol. The highest BCUT2D eigenvalue weighted by atomic mass is 14.5. The van der Waals surface area contributed by atoms with Crippen molar-refractivity contribution in [2.24, 2.45) is 0 Å². The zero-order valence-electron chi connectivity index (χ0n) is 15.5. The Morgan fingerprint density at radius 2 is 1.31 bits per heavy atom. The number of allylic oxidation sites excluding steroid dienone is 4. The molecule has 0 radical (unpaired) electrons. The Hall–Kier alpha value is -2.86. The molecule has 5 rings (SSSR count). The quantitative estimate of drug-likeness (QED) is 0.466. The van der Waals surface area contributed by atoms with Gasteiger partial charge in [-0.1, -0.05) is 84.4 Å². The molecule has 3 aromatic rings. The Kier molecular flexibility index (Phi) is 3.15. The lowest BCUT2D eigenvalue weighted by Gasteiger charge is -2.31. The third-order valence-corrected chi connectivity index (χ3v) is 6.08. The SMILES string of the molecule is C/C=C\C1=C(C)c2ccccc2C12c1ccccc1-c1ccc(C)cc12. The first-order chi connectivity index (χ1) is 12.7. The van der Waals surface area contributed by atoms with Gasteiger partial charge in [0.25, 0.3) is 0 Å². The first-order valence-corrected chi connectivity index (χ1v) is 9.34. The summed E-state index contributed by atoms with van der Waals surface area (Å²) in [6.45, 7) is 6.60. The summed E-state index contributed by atoms with van der Waals surface area (Å²) in [5, 5.41) is 0. The molecule has 0 heterocycles. The van der Waals surface area contributed by atoms with Gasteiger partial charge in [0.15, 0.2) is 0 Å². The van der Waals surface area contributed by atoms with Gasteiger partial charge in [-0.15, -0.1) is 0 Å². The molecule has 0 fully saturated rings. The second-order valence-corrected chi connectivity index (χ2v) is 7.43. The van der Waals surface area contributed by atoms with E-state index in [0.717, 1.165) is 0 Å². The molecule has 1 atom stereocenters. The fourth-order valence-electron chi connectivity index (χ4n) is 5.10. The number of rotatable bonds is 1. The number of fused-ring (bicyclic) bond motifs is 7. The monoisotopic (exact) mass is 334 g/mol. The minimum absolute atomic E-state index is 0.189. The van der Waals surface area contributed by atoms with Crippen LogP contribution in [-0.2, 0) is 5.41 Å². The van der Waals surface area contributed by atoms with E-state index < -0.39 is 0 Å². The van der Waals surface area contributed by atoms with E-state index in [2.05, 4.69) is 99.7 Å². The lowest BCUT2D eigenvalue weighted by molar-refractivity contribution is 0.784. The standard InChI is InChI=1S/C26H22/c1-4-9-22-18(3)19-10-5-7-12-23(19)26(22)24-13-8-6-11-20(24)21-15-14-17(2)16-25(21)26/h4-16H,1-3H3/b9-4-. The lowest BCUT2D eigenvalue weighted by Crippen LogP contribution is -2.26. The van der Waals surface area contributed by atoms with Crippen molar-refractivity contribution in [3.63, 3.8) is 0 Å². The Morgan fingerprint density at radius 3 is 2.04 bits per heavy atom. The van der Waals surface area contributed by atoms with Crippen molar-refractivity contribution in [2.45, 2.75) is 26.2 Å². The second kappa shape index (κ2) is 5.32. The van der Waals surface area contributed by atoms with E-state index in [-0.39, 0.29) is 5.41 Å². The van der Waals surface area contributed by atoms with Crippen LogP contribution in [0.1, 0.15) is 41.7 Å². The molecule has 0 saturated heterocycles. The van der Waals surface area contributed by atoms with Crippen LogP contribution in [0.3, 0.4) is 0 Å². The largest absolute Gasteiger partial charge is 0.0873 e. The normalized spacial score (nSPS) is 20.0. The Labute approximate surface area is 155 Å². The van der Waals surface area contributed by atoms with Crippen molar-refractivity contribution >= 4 is 5.57 Å². The predicted octanol–water partition coefficient (Wildman–Crippen LogP) is 6.67. The van der Waals surface area contributed by atoms with E-state index in [0.29, 0.717) is 0 Å². The van der Waals surface area contributed by atoms with Crippen LogP contribution in [-0.4, -0.2) is 0 Å². The summed E-state index contributed by atoms with van der Waals surface area (Å²) in [6, 6.07) is 24.8. The Bertz CT molecular complexity index is 1110. The summed E-state index contributed by atoms with van der Waals surface area (Å²) in [6.07, 6.45) is 4.51. The number of aryl methyl sites for hydroxylation is 1. The molecular formula is C26H22. The smallest absolute Gasteiger partial charge is 0.0722 e. The maximum absolute atomic E-state index is 2.40. The van der Waals surface area contributed by atoms with Gasteiger partial charge in [-0.3, -0.25) is 0 Å². The van der Waals surface area contributed by atoms with Gasteiger partial charge in [-0.25, -0.2) is 0 Å². The van der Waals surface area contributed by atoms with Crippen LogP contribution in [0.25, 0.3) is 16.7 Å². The molecule has 2 aliphatic carbocycles. The first kappa shape index (κ1) is 15.4. The van der Waals surface area contributed by atoms with Crippen molar-refractivity contribution in [3.05, 3.63) is 112 Å². The molecule has 2 aliphatic rings. The topological polar surface area (TPSA) is 0 Å². The molecule has 26 heavy (non-hydrogen) atoms. The highest BCUT2D eigenvalue weighted by Crippen LogP contribution is 2.61. The Balaban J connectivity index is 2.02. The van der Waals surface area contributed by atoms with E-state index in [4.69, 9.17) is 0 Å².